The summed E-state index contributed by atoms with van der Waals surface area (Å²) in [5.41, 5.74) is 2.56. The number of benzene rings is 2. The Morgan fingerprint density at radius 1 is 1.06 bits per heavy atom. The smallest absolute Gasteiger partial charge is 0.251 e. The van der Waals surface area contributed by atoms with Gasteiger partial charge in [-0.2, -0.15) is 0 Å². The molecule has 2 aromatic carbocycles. The number of hydrogen-bond donors (Lipinski definition) is 7. The number of amides is 1. The van der Waals surface area contributed by atoms with E-state index in [1.165, 1.54) is 6.92 Å². The molecule has 10 heteroatoms. The van der Waals surface area contributed by atoms with Crippen molar-refractivity contribution in [2.75, 3.05) is 13.2 Å². The summed E-state index contributed by atoms with van der Waals surface area (Å²) in [4.78, 5) is 12.5. The molecule has 1 heterocycles. The molecule has 10 nitrogen and oxygen atoms in total. The fourth-order valence-corrected chi connectivity index (χ4v) is 3.66. The summed E-state index contributed by atoms with van der Waals surface area (Å²) in [6.45, 7) is 2.31. The normalized spacial score (nSPS) is 26.5. The lowest BCUT2D eigenvalue weighted by atomic mass is 9.99. The minimum Gasteiger partial charge on any atom is -0.462 e. The summed E-state index contributed by atoms with van der Waals surface area (Å²) < 4.78 is 11.1. The summed E-state index contributed by atoms with van der Waals surface area (Å²) in [6.07, 6.45) is -7.80. The molecule has 7 unspecified atom stereocenters. The van der Waals surface area contributed by atoms with Crippen LogP contribution in [0.5, 0.6) is 5.75 Å². The van der Waals surface area contributed by atoms with Crippen molar-refractivity contribution in [1.82, 2.24) is 5.32 Å². The summed E-state index contributed by atoms with van der Waals surface area (Å²) >= 11 is 0. The fourth-order valence-electron chi connectivity index (χ4n) is 3.66. The van der Waals surface area contributed by atoms with Crippen molar-refractivity contribution < 1.29 is 44.9 Å². The fraction of sp³-hybridized carbons (Fsp3) is 0.458. The lowest BCUT2D eigenvalue weighted by Crippen LogP contribution is -2.60. The van der Waals surface area contributed by atoms with Crippen LogP contribution in [-0.4, -0.2) is 92.6 Å². The Labute approximate surface area is 197 Å². The molecule has 186 valence electrons. The van der Waals surface area contributed by atoms with E-state index in [1.54, 1.807) is 37.3 Å². The van der Waals surface area contributed by atoms with Gasteiger partial charge in [0.25, 0.3) is 5.91 Å². The van der Waals surface area contributed by atoms with Gasteiger partial charge in [0.05, 0.1) is 25.4 Å². The predicted molar refractivity (Wildman–Crippen MR) is 121 cm³/mol. The van der Waals surface area contributed by atoms with Crippen LogP contribution in [0.4, 0.5) is 0 Å². The van der Waals surface area contributed by atoms with E-state index in [0.29, 0.717) is 16.9 Å². The Bertz CT molecular complexity index is 981. The molecule has 1 amide bonds. The molecule has 7 atom stereocenters. The number of hydrogen-bond acceptors (Lipinski definition) is 9. The lowest BCUT2D eigenvalue weighted by Gasteiger charge is -2.39. The molecule has 0 radical (unpaired) electrons. The van der Waals surface area contributed by atoms with Crippen LogP contribution in [-0.2, 0) is 4.74 Å². The van der Waals surface area contributed by atoms with Gasteiger partial charge in [0.2, 0.25) is 6.29 Å². The molecule has 1 aliphatic heterocycles. The molecular weight excluding hydrogens is 446 g/mol. The molecule has 2 aromatic rings. The average Bonchev–Trinajstić information content (AvgIpc) is 2.83. The highest BCUT2D eigenvalue weighted by atomic mass is 16.7. The van der Waals surface area contributed by atoms with Crippen LogP contribution in [0, 0.1) is 6.92 Å². The van der Waals surface area contributed by atoms with E-state index in [-0.39, 0.29) is 0 Å². The maximum atomic E-state index is 12.5. The highest BCUT2D eigenvalue weighted by Gasteiger charge is 2.44. The molecule has 1 saturated heterocycles. The van der Waals surface area contributed by atoms with Gasteiger partial charge in [-0.3, -0.25) is 4.79 Å². The first-order chi connectivity index (χ1) is 16.2. The maximum Gasteiger partial charge on any atom is 0.251 e. The molecule has 1 fully saturated rings. The van der Waals surface area contributed by atoms with Crippen molar-refractivity contribution in [2.24, 2.45) is 0 Å². The first-order valence-electron chi connectivity index (χ1n) is 10.9. The third kappa shape index (κ3) is 5.73. The van der Waals surface area contributed by atoms with Crippen LogP contribution < -0.4 is 10.1 Å². The molecule has 0 spiro atoms. The zero-order chi connectivity index (χ0) is 25.0. The van der Waals surface area contributed by atoms with Crippen LogP contribution >= 0.6 is 0 Å². The van der Waals surface area contributed by atoms with E-state index in [2.05, 4.69) is 5.32 Å². The number of aliphatic hydroxyl groups excluding tert-OH is 6. The van der Waals surface area contributed by atoms with Crippen LogP contribution in [0.2, 0.25) is 0 Å². The number of carbonyl (C=O) groups excluding carboxylic acids is 1. The highest BCUT2D eigenvalue weighted by Crippen LogP contribution is 2.30. The van der Waals surface area contributed by atoms with Crippen molar-refractivity contribution in [3.63, 3.8) is 0 Å². The Balaban J connectivity index is 1.76. The van der Waals surface area contributed by atoms with Gasteiger partial charge in [0, 0.05) is 5.56 Å². The average molecular weight is 478 g/mol. The summed E-state index contributed by atoms with van der Waals surface area (Å²) in [7, 11) is 0. The third-order valence-corrected chi connectivity index (χ3v) is 5.82. The number of rotatable bonds is 8. The van der Waals surface area contributed by atoms with E-state index in [0.717, 1.165) is 11.1 Å². The Hall–Kier alpha value is -2.57. The molecule has 0 aliphatic carbocycles. The van der Waals surface area contributed by atoms with Crippen LogP contribution in [0.1, 0.15) is 22.8 Å². The largest absolute Gasteiger partial charge is 0.462 e. The zero-order valence-electron chi connectivity index (χ0n) is 18.9. The van der Waals surface area contributed by atoms with Gasteiger partial charge in [0.1, 0.15) is 30.2 Å². The second kappa shape index (κ2) is 11.2. The van der Waals surface area contributed by atoms with E-state index >= 15 is 0 Å². The highest BCUT2D eigenvalue weighted by molar-refractivity contribution is 5.95. The van der Waals surface area contributed by atoms with Crippen molar-refractivity contribution in [2.45, 2.75) is 56.7 Å². The van der Waals surface area contributed by atoms with Crippen LogP contribution in [0.3, 0.4) is 0 Å². The zero-order valence-corrected chi connectivity index (χ0v) is 18.9. The van der Waals surface area contributed by atoms with Gasteiger partial charge in [-0.05, 0) is 54.8 Å². The van der Waals surface area contributed by atoms with Crippen molar-refractivity contribution in [3.8, 4) is 16.9 Å². The Morgan fingerprint density at radius 3 is 2.38 bits per heavy atom. The van der Waals surface area contributed by atoms with Gasteiger partial charge in [-0.25, -0.2) is 0 Å². The third-order valence-electron chi connectivity index (χ3n) is 5.82. The van der Waals surface area contributed by atoms with E-state index in [1.807, 2.05) is 12.1 Å². The molecule has 0 aromatic heterocycles. The van der Waals surface area contributed by atoms with Crippen LogP contribution in [0.15, 0.2) is 42.5 Å². The molecule has 3 rings (SSSR count). The molecular formula is C24H31NO9. The van der Waals surface area contributed by atoms with Crippen molar-refractivity contribution in [1.29, 1.82) is 0 Å². The number of aryl methyl sites for hydroxylation is 1. The molecule has 0 saturated carbocycles. The Kier molecular flexibility index (Phi) is 8.61. The van der Waals surface area contributed by atoms with Gasteiger partial charge < -0.3 is 45.4 Å². The van der Waals surface area contributed by atoms with Crippen molar-refractivity contribution >= 4 is 5.91 Å². The maximum absolute atomic E-state index is 12.5. The molecule has 1 aliphatic rings. The number of nitrogens with one attached hydrogen (secondary N) is 1. The molecule has 7 N–H and O–H groups in total. The van der Waals surface area contributed by atoms with Crippen LogP contribution in [0.25, 0.3) is 11.1 Å². The Morgan fingerprint density at radius 2 is 1.76 bits per heavy atom. The molecule has 34 heavy (non-hydrogen) atoms. The SMILES string of the molecule is Cc1cc(-c2cccc(C(=O)NC(CO)C(C)O)c2)ccc1OC1OC(CO)C(O)C(O)C1O. The second-order valence-electron chi connectivity index (χ2n) is 8.38. The minimum absolute atomic E-state index is 0.357. The van der Waals surface area contributed by atoms with Gasteiger partial charge >= 0.3 is 0 Å². The van der Waals surface area contributed by atoms with Crippen molar-refractivity contribution in [3.05, 3.63) is 53.6 Å². The van der Waals surface area contributed by atoms with E-state index in [4.69, 9.17) is 9.47 Å². The minimum atomic E-state index is -1.54. The van der Waals surface area contributed by atoms with E-state index in [9.17, 15) is 35.4 Å². The number of carbonyl (C=O) groups is 1. The standard InChI is InChI=1S/C24H31NO9/c1-12-8-15(14-4-3-5-16(9-14)23(32)25-17(10-26)13(2)28)6-7-18(12)33-24-22(31)21(30)20(29)19(11-27)34-24/h3-9,13,17,19-22,24,26-31H,10-11H2,1-2H3,(H,25,32). The quantitative estimate of drug-likeness (QED) is 0.260. The topological polar surface area (TPSA) is 169 Å². The second-order valence-corrected chi connectivity index (χ2v) is 8.38. The van der Waals surface area contributed by atoms with Gasteiger partial charge in [-0.1, -0.05) is 18.2 Å². The number of aliphatic hydroxyl groups is 6. The first-order valence-corrected chi connectivity index (χ1v) is 10.9. The summed E-state index contributed by atoms with van der Waals surface area (Å²) in [5.74, 6) is -0.0641. The monoisotopic (exact) mass is 477 g/mol. The number of ether oxygens (including phenoxy) is 2. The summed E-state index contributed by atoms with van der Waals surface area (Å²) in [6, 6.07) is 11.3. The van der Waals surface area contributed by atoms with Gasteiger partial charge in [-0.15, -0.1) is 0 Å². The first kappa shape index (κ1) is 26.0. The predicted octanol–water partition coefficient (Wildman–Crippen LogP) is -0.688. The van der Waals surface area contributed by atoms with E-state index < -0.39 is 62.0 Å². The summed E-state index contributed by atoms with van der Waals surface area (Å²) in [5, 5.41) is 60.9. The van der Waals surface area contributed by atoms with Gasteiger partial charge in [0.15, 0.2) is 0 Å². The molecule has 0 bridgehead atoms. The lowest BCUT2D eigenvalue weighted by molar-refractivity contribution is -0.277.